The van der Waals surface area contributed by atoms with Crippen LogP contribution in [0, 0.1) is 0 Å². The Morgan fingerprint density at radius 1 is 0.970 bits per heavy atom. The van der Waals surface area contributed by atoms with E-state index in [1.165, 1.54) is 16.0 Å². The summed E-state index contributed by atoms with van der Waals surface area (Å²) >= 11 is 0. The molecule has 2 aliphatic rings. The van der Waals surface area contributed by atoms with Gasteiger partial charge in [0.05, 0.1) is 0 Å². The molecule has 1 aromatic rings. The predicted molar refractivity (Wildman–Crippen MR) is 128 cm³/mol. The van der Waals surface area contributed by atoms with Crippen molar-refractivity contribution < 1.29 is 19.1 Å². The van der Waals surface area contributed by atoms with Crippen LogP contribution in [0.5, 0.6) is 0 Å². The highest BCUT2D eigenvalue weighted by molar-refractivity contribution is 5.96. The molecule has 1 saturated heterocycles. The largest absolute Gasteiger partial charge is 0.444 e. The van der Waals surface area contributed by atoms with E-state index in [1.807, 2.05) is 18.2 Å². The highest BCUT2D eigenvalue weighted by Gasteiger charge is 2.38. The smallest absolute Gasteiger partial charge is 0.410 e. The lowest BCUT2D eigenvalue weighted by atomic mass is 9.63. The molecule has 0 radical (unpaired) electrons. The minimum absolute atomic E-state index is 0.0135. The number of rotatable bonds is 2. The number of fused-ring (bicyclic) bond motifs is 1. The number of hydrazine groups is 1. The molecule has 182 valence electrons. The number of ether oxygens (including phenoxy) is 1. The van der Waals surface area contributed by atoms with Crippen molar-refractivity contribution >= 4 is 17.9 Å². The molecule has 0 bridgehead atoms. The number of carbonyl (C=O) groups excluding carboxylic acids is 3. The van der Waals surface area contributed by atoms with Crippen molar-refractivity contribution in [1.82, 2.24) is 15.8 Å². The molecule has 3 rings (SSSR count). The van der Waals surface area contributed by atoms with Crippen molar-refractivity contribution in [2.45, 2.75) is 103 Å². The standard InChI is InChI=1S/C26H39N3O4/c1-24(2,3)33-23(32)29-15-9-8-10-20(29)22(31)28-27-21(30)17-11-12-18-19(16-17)26(6,7)14-13-25(18,4)5/h11-12,16,20H,8-10,13-15H2,1-7H3,(H,27,30)(H,28,31). The number of hydrogen-bond donors (Lipinski definition) is 2. The maximum absolute atomic E-state index is 12.9. The average molecular weight is 458 g/mol. The van der Waals surface area contributed by atoms with Crippen molar-refractivity contribution in [2.75, 3.05) is 6.54 Å². The molecule has 2 N–H and O–H groups in total. The number of likely N-dealkylation sites (tertiary alicyclic amines) is 1. The molecular weight excluding hydrogens is 418 g/mol. The fourth-order valence-electron chi connectivity index (χ4n) is 4.75. The molecule has 33 heavy (non-hydrogen) atoms. The van der Waals surface area contributed by atoms with Gasteiger partial charge in [-0.1, -0.05) is 33.8 Å². The average Bonchev–Trinajstić information content (AvgIpc) is 2.73. The second-order valence-corrected chi connectivity index (χ2v) is 11.7. The number of hydrogen-bond acceptors (Lipinski definition) is 4. The van der Waals surface area contributed by atoms with Crippen LogP contribution < -0.4 is 10.9 Å². The second kappa shape index (κ2) is 8.99. The zero-order valence-electron chi connectivity index (χ0n) is 21.1. The Kier molecular flexibility index (Phi) is 6.83. The third kappa shape index (κ3) is 5.68. The van der Waals surface area contributed by atoms with Gasteiger partial charge in [0.25, 0.3) is 11.8 Å². The van der Waals surface area contributed by atoms with Gasteiger partial charge < -0.3 is 4.74 Å². The number of carbonyl (C=O) groups is 3. The third-order valence-corrected chi connectivity index (χ3v) is 6.85. The molecule has 0 spiro atoms. The van der Waals surface area contributed by atoms with Crippen LogP contribution in [0.15, 0.2) is 18.2 Å². The van der Waals surface area contributed by atoms with Crippen LogP contribution in [0.25, 0.3) is 0 Å². The molecule has 7 heteroatoms. The summed E-state index contributed by atoms with van der Waals surface area (Å²) in [5, 5.41) is 0. The van der Waals surface area contributed by atoms with Crippen molar-refractivity contribution in [3.05, 3.63) is 34.9 Å². The van der Waals surface area contributed by atoms with E-state index in [4.69, 9.17) is 4.74 Å². The summed E-state index contributed by atoms with van der Waals surface area (Å²) in [6.07, 6.45) is 3.83. The van der Waals surface area contributed by atoms with Gasteiger partial charge in [-0.3, -0.25) is 25.3 Å². The summed E-state index contributed by atoms with van der Waals surface area (Å²) in [7, 11) is 0. The quantitative estimate of drug-likeness (QED) is 0.636. The van der Waals surface area contributed by atoms with Crippen LogP contribution in [0.2, 0.25) is 0 Å². The first-order valence-corrected chi connectivity index (χ1v) is 12.0. The molecule has 1 unspecified atom stereocenters. The van der Waals surface area contributed by atoms with Gasteiger partial charge in [0, 0.05) is 12.1 Å². The Bertz CT molecular complexity index is 930. The number of piperidine rings is 1. The third-order valence-electron chi connectivity index (χ3n) is 6.85. The topological polar surface area (TPSA) is 87.7 Å². The Hall–Kier alpha value is -2.57. The van der Waals surface area contributed by atoms with Crippen molar-refractivity contribution in [2.24, 2.45) is 0 Å². The monoisotopic (exact) mass is 457 g/mol. The summed E-state index contributed by atoms with van der Waals surface area (Å²) < 4.78 is 5.46. The SMILES string of the molecule is CC(C)(C)OC(=O)N1CCCCC1C(=O)NNC(=O)c1ccc2c(c1)C(C)(C)CCC2(C)C. The van der Waals surface area contributed by atoms with Gasteiger partial charge in [-0.2, -0.15) is 0 Å². The molecule has 1 aromatic carbocycles. The zero-order chi connectivity index (χ0) is 24.6. The maximum Gasteiger partial charge on any atom is 0.410 e. The number of nitrogens with zero attached hydrogens (tertiary/aromatic N) is 1. The molecule has 0 saturated carbocycles. The Morgan fingerprint density at radius 3 is 2.24 bits per heavy atom. The first-order chi connectivity index (χ1) is 15.2. The lowest BCUT2D eigenvalue weighted by Gasteiger charge is -2.42. The highest BCUT2D eigenvalue weighted by Crippen LogP contribution is 2.45. The molecule has 1 heterocycles. The summed E-state index contributed by atoms with van der Waals surface area (Å²) in [5.41, 5.74) is 7.45. The van der Waals surface area contributed by atoms with Gasteiger partial charge in [0.15, 0.2) is 0 Å². The van der Waals surface area contributed by atoms with Gasteiger partial charge in [-0.05, 0) is 87.0 Å². The second-order valence-electron chi connectivity index (χ2n) is 11.7. The minimum atomic E-state index is -0.669. The molecule has 1 atom stereocenters. The first kappa shape index (κ1) is 25.1. The maximum atomic E-state index is 12.9. The minimum Gasteiger partial charge on any atom is -0.444 e. The summed E-state index contributed by atoms with van der Waals surface area (Å²) in [6, 6.07) is 5.14. The van der Waals surface area contributed by atoms with Gasteiger partial charge >= 0.3 is 6.09 Å². The summed E-state index contributed by atoms with van der Waals surface area (Å²) in [6.45, 7) is 14.7. The predicted octanol–water partition coefficient (Wildman–Crippen LogP) is 4.59. The van der Waals surface area contributed by atoms with Crippen LogP contribution in [-0.4, -0.2) is 41.0 Å². The molecule has 3 amide bonds. The number of amides is 3. The molecule has 1 aliphatic carbocycles. The van der Waals surface area contributed by atoms with Crippen LogP contribution in [0.4, 0.5) is 4.79 Å². The van der Waals surface area contributed by atoms with Crippen LogP contribution >= 0.6 is 0 Å². The van der Waals surface area contributed by atoms with Crippen molar-refractivity contribution in [3.8, 4) is 0 Å². The summed E-state index contributed by atoms with van der Waals surface area (Å²) in [5.74, 6) is -0.779. The Morgan fingerprint density at radius 2 is 1.61 bits per heavy atom. The fraction of sp³-hybridized carbons (Fsp3) is 0.654. The summed E-state index contributed by atoms with van der Waals surface area (Å²) in [4.78, 5) is 39.8. The first-order valence-electron chi connectivity index (χ1n) is 12.0. The van der Waals surface area contributed by atoms with E-state index in [2.05, 4.69) is 38.5 Å². The lowest BCUT2D eigenvalue weighted by molar-refractivity contribution is -0.128. The van der Waals surface area contributed by atoms with Crippen LogP contribution in [-0.2, 0) is 20.4 Å². The van der Waals surface area contributed by atoms with Crippen LogP contribution in [0.1, 0.15) is 102 Å². The molecular formula is C26H39N3O4. The zero-order valence-corrected chi connectivity index (χ0v) is 21.1. The van der Waals surface area contributed by atoms with Gasteiger partial charge in [0.1, 0.15) is 11.6 Å². The lowest BCUT2D eigenvalue weighted by Crippen LogP contribution is -2.56. The Balaban J connectivity index is 1.69. The normalized spacial score (nSPS) is 21.5. The van der Waals surface area contributed by atoms with E-state index in [0.29, 0.717) is 18.5 Å². The van der Waals surface area contributed by atoms with E-state index >= 15 is 0 Å². The Labute approximate surface area is 197 Å². The van der Waals surface area contributed by atoms with Gasteiger partial charge in [-0.15, -0.1) is 0 Å². The van der Waals surface area contributed by atoms with Gasteiger partial charge in [0.2, 0.25) is 0 Å². The molecule has 1 aliphatic heterocycles. The highest BCUT2D eigenvalue weighted by atomic mass is 16.6. The molecule has 7 nitrogen and oxygen atoms in total. The van der Waals surface area contributed by atoms with Gasteiger partial charge in [-0.25, -0.2) is 4.79 Å². The van der Waals surface area contributed by atoms with E-state index in [1.54, 1.807) is 20.8 Å². The van der Waals surface area contributed by atoms with E-state index < -0.39 is 23.6 Å². The number of nitrogens with one attached hydrogen (secondary N) is 2. The van der Waals surface area contributed by atoms with Crippen molar-refractivity contribution in [1.29, 1.82) is 0 Å². The van der Waals surface area contributed by atoms with E-state index in [0.717, 1.165) is 25.7 Å². The van der Waals surface area contributed by atoms with E-state index in [-0.39, 0.29) is 16.7 Å². The fourth-order valence-corrected chi connectivity index (χ4v) is 4.75. The van der Waals surface area contributed by atoms with Crippen molar-refractivity contribution in [3.63, 3.8) is 0 Å². The number of benzene rings is 1. The molecule has 1 fully saturated rings. The van der Waals surface area contributed by atoms with Crippen LogP contribution in [0.3, 0.4) is 0 Å². The van der Waals surface area contributed by atoms with E-state index in [9.17, 15) is 14.4 Å². The molecule has 0 aromatic heterocycles.